The van der Waals surface area contributed by atoms with Crippen molar-refractivity contribution in [2.45, 2.75) is 103 Å². The highest BCUT2D eigenvalue weighted by Crippen LogP contribution is 2.54. The largest absolute Gasteiger partial charge is 0.459 e. The Labute approximate surface area is 168 Å². The quantitative estimate of drug-likeness (QED) is 0.697. The van der Waals surface area contributed by atoms with E-state index >= 15 is 0 Å². The predicted octanol–water partition coefficient (Wildman–Crippen LogP) is 2.63. The van der Waals surface area contributed by atoms with E-state index in [4.69, 9.17) is 9.47 Å². The Kier molecular flexibility index (Phi) is 5.48. The van der Waals surface area contributed by atoms with E-state index in [1.54, 1.807) is 13.8 Å². The van der Waals surface area contributed by atoms with Gasteiger partial charge in [0.25, 0.3) is 0 Å². The van der Waals surface area contributed by atoms with Crippen LogP contribution in [0.15, 0.2) is 0 Å². The molecule has 0 aromatic heterocycles. The highest BCUT2D eigenvalue weighted by atomic mass is 16.6. The minimum Gasteiger partial charge on any atom is -0.459 e. The van der Waals surface area contributed by atoms with E-state index < -0.39 is 40.9 Å². The molecule has 0 aromatic rings. The highest BCUT2D eigenvalue weighted by molar-refractivity contribution is 5.84. The summed E-state index contributed by atoms with van der Waals surface area (Å²) in [6.45, 7) is 10.8. The van der Waals surface area contributed by atoms with Crippen molar-refractivity contribution in [1.82, 2.24) is 0 Å². The van der Waals surface area contributed by atoms with E-state index in [9.17, 15) is 19.8 Å². The number of ether oxygens (including phenoxy) is 2. The molecule has 0 amide bonds. The second-order valence-corrected chi connectivity index (χ2v) is 10.3. The molecule has 2 bridgehead atoms. The Bertz CT molecular complexity index is 639. The Morgan fingerprint density at radius 1 is 1.14 bits per heavy atom. The van der Waals surface area contributed by atoms with Crippen LogP contribution in [0, 0.1) is 23.7 Å². The third kappa shape index (κ3) is 3.63. The number of ketones is 1. The zero-order valence-corrected chi connectivity index (χ0v) is 18.0. The summed E-state index contributed by atoms with van der Waals surface area (Å²) >= 11 is 0. The monoisotopic (exact) mass is 396 g/mol. The van der Waals surface area contributed by atoms with E-state index in [1.807, 2.05) is 6.92 Å². The summed E-state index contributed by atoms with van der Waals surface area (Å²) in [7, 11) is 0. The number of hydrogen-bond donors (Lipinski definition) is 2. The zero-order valence-electron chi connectivity index (χ0n) is 18.0. The average Bonchev–Trinajstić information content (AvgIpc) is 2.50. The van der Waals surface area contributed by atoms with Gasteiger partial charge >= 0.3 is 5.97 Å². The van der Waals surface area contributed by atoms with E-state index in [0.29, 0.717) is 25.2 Å². The van der Waals surface area contributed by atoms with Crippen LogP contribution in [0.3, 0.4) is 0 Å². The fourth-order valence-electron chi connectivity index (χ4n) is 6.13. The maximum Gasteiger partial charge on any atom is 0.303 e. The van der Waals surface area contributed by atoms with Gasteiger partial charge in [0.15, 0.2) is 0 Å². The predicted molar refractivity (Wildman–Crippen MR) is 103 cm³/mol. The van der Waals surface area contributed by atoms with Crippen molar-refractivity contribution < 1.29 is 29.3 Å². The Hall–Kier alpha value is -0.980. The molecule has 1 saturated carbocycles. The lowest BCUT2D eigenvalue weighted by atomic mass is 9.55. The van der Waals surface area contributed by atoms with Crippen molar-refractivity contribution in [1.29, 1.82) is 0 Å². The molecule has 0 spiro atoms. The molecule has 0 aromatic carbocycles. The summed E-state index contributed by atoms with van der Waals surface area (Å²) in [5, 5.41) is 22.2. The van der Waals surface area contributed by atoms with Gasteiger partial charge in [-0.25, -0.2) is 0 Å². The first-order chi connectivity index (χ1) is 12.8. The minimum atomic E-state index is -1.31. The molecule has 160 valence electrons. The number of rotatable bonds is 2. The van der Waals surface area contributed by atoms with Crippen LogP contribution in [-0.4, -0.2) is 51.0 Å². The number of hydrogen-bond acceptors (Lipinski definition) is 6. The van der Waals surface area contributed by atoms with E-state index in [-0.39, 0.29) is 24.0 Å². The molecule has 2 aliphatic heterocycles. The van der Waals surface area contributed by atoms with Crippen LogP contribution in [0.5, 0.6) is 0 Å². The number of fused-ring (bicyclic) bond motifs is 4. The van der Waals surface area contributed by atoms with Gasteiger partial charge in [0.2, 0.25) is 0 Å². The molecule has 28 heavy (non-hydrogen) atoms. The van der Waals surface area contributed by atoms with Crippen molar-refractivity contribution in [3.63, 3.8) is 0 Å². The molecule has 2 N–H and O–H groups in total. The van der Waals surface area contributed by atoms with Gasteiger partial charge in [0.1, 0.15) is 11.4 Å². The molecule has 3 aliphatic rings. The summed E-state index contributed by atoms with van der Waals surface area (Å²) < 4.78 is 12.1. The molecule has 0 unspecified atom stereocenters. The molecule has 2 saturated heterocycles. The summed E-state index contributed by atoms with van der Waals surface area (Å²) in [5.41, 5.74) is -3.37. The third-order valence-electron chi connectivity index (χ3n) is 7.50. The normalized spacial score (nSPS) is 49.2. The molecule has 8 atom stereocenters. The Balaban J connectivity index is 2.15. The van der Waals surface area contributed by atoms with Crippen molar-refractivity contribution in [2.24, 2.45) is 23.7 Å². The van der Waals surface area contributed by atoms with Crippen molar-refractivity contribution in [2.75, 3.05) is 0 Å². The van der Waals surface area contributed by atoms with Gasteiger partial charge in [-0.15, -0.1) is 0 Å². The van der Waals surface area contributed by atoms with Gasteiger partial charge in [-0.05, 0) is 58.3 Å². The lowest BCUT2D eigenvalue weighted by Gasteiger charge is -2.58. The van der Waals surface area contributed by atoms with Crippen molar-refractivity contribution in [3.8, 4) is 0 Å². The molecule has 3 rings (SSSR count). The molecule has 1 aliphatic carbocycles. The lowest BCUT2D eigenvalue weighted by Crippen LogP contribution is -2.67. The van der Waals surface area contributed by atoms with Gasteiger partial charge in [0.05, 0.1) is 29.3 Å². The topological polar surface area (TPSA) is 93.1 Å². The third-order valence-corrected chi connectivity index (χ3v) is 7.50. The number of carbonyl (C=O) groups excluding carboxylic acids is 2. The highest BCUT2D eigenvalue weighted by Gasteiger charge is 2.62. The van der Waals surface area contributed by atoms with Crippen LogP contribution >= 0.6 is 0 Å². The summed E-state index contributed by atoms with van der Waals surface area (Å²) in [4.78, 5) is 25.4. The van der Waals surface area contributed by atoms with E-state index in [1.165, 1.54) is 6.92 Å². The standard InChI is InChI=1S/C22H36O6/c1-12(2)14-7-10-22(6,28-13(3)23)18-15(24)11-21(5,26)16-8-9-20(4,25)19(27-16)17(14)18/h12,14,16-19,25-26H,7-11H2,1-6H3/t14-,16+,17-,18-,19+,20-,21-,22-/m1/s1. The summed E-state index contributed by atoms with van der Waals surface area (Å²) in [6.07, 6.45) is 1.29. The fraction of sp³-hybridized carbons (Fsp3) is 0.909. The molecule has 2 heterocycles. The first kappa shape index (κ1) is 21.7. The van der Waals surface area contributed by atoms with Gasteiger partial charge in [-0.2, -0.15) is 0 Å². The fourth-order valence-corrected chi connectivity index (χ4v) is 6.13. The first-order valence-electron chi connectivity index (χ1n) is 10.6. The first-order valence-corrected chi connectivity index (χ1v) is 10.6. The summed E-state index contributed by atoms with van der Waals surface area (Å²) in [6, 6.07) is 0. The van der Waals surface area contributed by atoms with Crippen LogP contribution in [-0.2, 0) is 19.1 Å². The molecule has 6 heteroatoms. The van der Waals surface area contributed by atoms with Crippen molar-refractivity contribution in [3.05, 3.63) is 0 Å². The number of carbonyl (C=O) groups is 2. The second-order valence-electron chi connectivity index (χ2n) is 10.3. The second kappa shape index (κ2) is 7.06. The average molecular weight is 397 g/mol. The van der Waals surface area contributed by atoms with Crippen LogP contribution < -0.4 is 0 Å². The Morgan fingerprint density at radius 3 is 2.36 bits per heavy atom. The SMILES string of the molecule is CC(=O)O[C@]1(C)CC[C@H](C(C)C)[C@@H]2[C@H]1C(=O)C[C@@](C)(O)[C@@H]1CC[C@@](C)(O)[C@H]2O1. The van der Waals surface area contributed by atoms with Crippen LogP contribution in [0.4, 0.5) is 0 Å². The number of esters is 1. The lowest BCUT2D eigenvalue weighted by molar-refractivity contribution is -0.264. The molecule has 3 fully saturated rings. The molecule has 6 nitrogen and oxygen atoms in total. The van der Waals surface area contributed by atoms with Crippen molar-refractivity contribution >= 4 is 11.8 Å². The number of Topliss-reactive ketones (excluding diaryl/α,β-unsaturated/α-hetero) is 1. The van der Waals surface area contributed by atoms with Gasteiger partial charge in [-0.1, -0.05) is 13.8 Å². The van der Waals surface area contributed by atoms with Gasteiger partial charge in [0, 0.05) is 19.3 Å². The van der Waals surface area contributed by atoms with Gasteiger partial charge in [-0.3, -0.25) is 9.59 Å². The Morgan fingerprint density at radius 2 is 1.79 bits per heavy atom. The summed E-state index contributed by atoms with van der Waals surface area (Å²) in [5.74, 6) is -0.933. The molecular formula is C22H36O6. The van der Waals surface area contributed by atoms with Gasteiger partial charge < -0.3 is 19.7 Å². The molecular weight excluding hydrogens is 360 g/mol. The zero-order chi connectivity index (χ0) is 21.1. The number of aliphatic hydroxyl groups is 2. The van der Waals surface area contributed by atoms with Crippen LogP contribution in [0.25, 0.3) is 0 Å². The maximum absolute atomic E-state index is 13.5. The maximum atomic E-state index is 13.5. The van der Waals surface area contributed by atoms with E-state index in [0.717, 1.165) is 6.42 Å². The van der Waals surface area contributed by atoms with E-state index in [2.05, 4.69) is 13.8 Å². The minimum absolute atomic E-state index is 0.0324. The van der Waals surface area contributed by atoms with Crippen LogP contribution in [0.2, 0.25) is 0 Å². The smallest absolute Gasteiger partial charge is 0.303 e. The van der Waals surface area contributed by atoms with Crippen LogP contribution in [0.1, 0.15) is 73.6 Å². The molecule has 0 radical (unpaired) electrons.